The first kappa shape index (κ1) is 13.4. The van der Waals surface area contributed by atoms with Crippen LogP contribution in [0.25, 0.3) is 12.2 Å². The molecule has 0 fully saturated rings. The van der Waals surface area contributed by atoms with Crippen molar-refractivity contribution in [1.82, 2.24) is 10.2 Å². The zero-order chi connectivity index (χ0) is 13.7. The number of carbonyl (C=O) groups excluding carboxylic acids is 1. The molecule has 2 rings (SSSR count). The van der Waals surface area contributed by atoms with Gasteiger partial charge >= 0.3 is 0 Å². The van der Waals surface area contributed by atoms with Gasteiger partial charge in [-0.15, -0.1) is 10.2 Å². The Kier molecular flexibility index (Phi) is 4.41. The van der Waals surface area contributed by atoms with Gasteiger partial charge in [-0.05, 0) is 11.6 Å². The Hall–Kier alpha value is -2.01. The van der Waals surface area contributed by atoms with Crippen LogP contribution in [0.1, 0.15) is 24.4 Å². The summed E-state index contributed by atoms with van der Waals surface area (Å²) in [5.74, 6) is -0.109. The van der Waals surface area contributed by atoms with E-state index in [1.807, 2.05) is 56.3 Å². The Morgan fingerprint density at radius 2 is 1.95 bits per heavy atom. The van der Waals surface area contributed by atoms with Crippen molar-refractivity contribution in [3.8, 4) is 0 Å². The molecular formula is C14H15N3OS. The van der Waals surface area contributed by atoms with Crippen molar-refractivity contribution in [2.45, 2.75) is 13.8 Å². The minimum atomic E-state index is -0.0628. The summed E-state index contributed by atoms with van der Waals surface area (Å²) in [6.45, 7) is 3.68. The Bertz CT molecular complexity index is 575. The van der Waals surface area contributed by atoms with Crippen molar-refractivity contribution < 1.29 is 4.79 Å². The van der Waals surface area contributed by atoms with E-state index >= 15 is 0 Å². The van der Waals surface area contributed by atoms with Crippen LogP contribution in [0.2, 0.25) is 0 Å². The predicted molar refractivity (Wildman–Crippen MR) is 78.7 cm³/mol. The highest BCUT2D eigenvalue weighted by molar-refractivity contribution is 7.16. The summed E-state index contributed by atoms with van der Waals surface area (Å²) in [5.41, 5.74) is 1.10. The van der Waals surface area contributed by atoms with E-state index in [2.05, 4.69) is 15.5 Å². The molecule has 2 aromatic rings. The first-order valence-corrected chi connectivity index (χ1v) is 6.84. The normalized spacial score (nSPS) is 11.1. The SMILES string of the molecule is CC(C)C(=O)Nc1nnc(/C=C\c2ccccc2)s1. The minimum absolute atomic E-state index is 0.0465. The van der Waals surface area contributed by atoms with Crippen molar-refractivity contribution in [3.05, 3.63) is 40.9 Å². The molecule has 0 aliphatic heterocycles. The van der Waals surface area contributed by atoms with Gasteiger partial charge < -0.3 is 5.32 Å². The van der Waals surface area contributed by atoms with Crippen molar-refractivity contribution in [2.75, 3.05) is 5.32 Å². The molecule has 0 bridgehead atoms. The fraction of sp³-hybridized carbons (Fsp3) is 0.214. The highest BCUT2D eigenvalue weighted by atomic mass is 32.1. The average Bonchev–Trinajstić information content (AvgIpc) is 2.85. The summed E-state index contributed by atoms with van der Waals surface area (Å²) >= 11 is 1.36. The highest BCUT2D eigenvalue weighted by Gasteiger charge is 2.09. The summed E-state index contributed by atoms with van der Waals surface area (Å²) in [7, 11) is 0. The van der Waals surface area contributed by atoms with Crippen LogP contribution < -0.4 is 5.32 Å². The lowest BCUT2D eigenvalue weighted by Crippen LogP contribution is -2.17. The van der Waals surface area contributed by atoms with E-state index in [0.29, 0.717) is 5.13 Å². The number of amides is 1. The third kappa shape index (κ3) is 3.99. The Morgan fingerprint density at radius 1 is 1.21 bits per heavy atom. The summed E-state index contributed by atoms with van der Waals surface area (Å²) in [4.78, 5) is 11.5. The van der Waals surface area contributed by atoms with Gasteiger partial charge in [-0.3, -0.25) is 4.79 Å². The molecule has 1 aromatic carbocycles. The molecule has 0 aliphatic carbocycles. The van der Waals surface area contributed by atoms with Crippen LogP contribution in [0.15, 0.2) is 30.3 Å². The lowest BCUT2D eigenvalue weighted by molar-refractivity contribution is -0.118. The van der Waals surface area contributed by atoms with Gasteiger partial charge in [0.15, 0.2) is 0 Å². The molecule has 1 amide bonds. The predicted octanol–water partition coefficient (Wildman–Crippen LogP) is 3.30. The fourth-order valence-electron chi connectivity index (χ4n) is 1.33. The molecule has 98 valence electrons. The van der Waals surface area contributed by atoms with Gasteiger partial charge in [0, 0.05) is 5.92 Å². The molecule has 0 saturated carbocycles. The molecule has 19 heavy (non-hydrogen) atoms. The number of nitrogens with zero attached hydrogens (tertiary/aromatic N) is 2. The number of anilines is 1. The van der Waals surface area contributed by atoms with Crippen LogP contribution in [0.4, 0.5) is 5.13 Å². The lowest BCUT2D eigenvalue weighted by Gasteiger charge is -2.02. The number of rotatable bonds is 4. The second-order valence-electron chi connectivity index (χ2n) is 4.33. The number of hydrogen-bond acceptors (Lipinski definition) is 4. The van der Waals surface area contributed by atoms with Gasteiger partial charge in [0.25, 0.3) is 0 Å². The highest BCUT2D eigenvalue weighted by Crippen LogP contribution is 2.18. The van der Waals surface area contributed by atoms with Crippen molar-refractivity contribution >= 4 is 34.5 Å². The molecule has 1 heterocycles. The smallest absolute Gasteiger partial charge is 0.228 e. The molecular weight excluding hydrogens is 258 g/mol. The summed E-state index contributed by atoms with van der Waals surface area (Å²) in [6.07, 6.45) is 3.85. The molecule has 0 aliphatic rings. The number of nitrogens with one attached hydrogen (secondary N) is 1. The van der Waals surface area contributed by atoms with Crippen LogP contribution in [0.5, 0.6) is 0 Å². The van der Waals surface area contributed by atoms with Crippen molar-refractivity contribution in [1.29, 1.82) is 0 Å². The van der Waals surface area contributed by atoms with Crippen molar-refractivity contribution in [2.24, 2.45) is 5.92 Å². The molecule has 0 radical (unpaired) electrons. The Balaban J connectivity index is 2.02. The molecule has 1 N–H and O–H groups in total. The van der Waals surface area contributed by atoms with E-state index < -0.39 is 0 Å². The maximum atomic E-state index is 11.5. The maximum absolute atomic E-state index is 11.5. The van der Waals surface area contributed by atoms with Gasteiger partial charge in [-0.25, -0.2) is 0 Å². The van der Waals surface area contributed by atoms with Crippen LogP contribution in [0, 0.1) is 5.92 Å². The minimum Gasteiger partial charge on any atom is -0.300 e. The summed E-state index contributed by atoms with van der Waals surface area (Å²) < 4.78 is 0. The van der Waals surface area contributed by atoms with Gasteiger partial charge in [0.2, 0.25) is 11.0 Å². The molecule has 0 atom stereocenters. The van der Waals surface area contributed by atoms with E-state index in [1.165, 1.54) is 11.3 Å². The average molecular weight is 273 g/mol. The monoisotopic (exact) mass is 273 g/mol. The van der Waals surface area contributed by atoms with E-state index in [1.54, 1.807) is 0 Å². The molecule has 4 nitrogen and oxygen atoms in total. The third-order valence-electron chi connectivity index (χ3n) is 2.41. The van der Waals surface area contributed by atoms with Gasteiger partial charge in [0.1, 0.15) is 5.01 Å². The number of carbonyl (C=O) groups is 1. The van der Waals surface area contributed by atoms with Crippen LogP contribution in [-0.4, -0.2) is 16.1 Å². The first-order chi connectivity index (χ1) is 9.15. The van der Waals surface area contributed by atoms with Gasteiger partial charge in [0.05, 0.1) is 0 Å². The zero-order valence-corrected chi connectivity index (χ0v) is 11.6. The fourth-order valence-corrected chi connectivity index (χ4v) is 1.98. The van der Waals surface area contributed by atoms with E-state index in [4.69, 9.17) is 0 Å². The van der Waals surface area contributed by atoms with Gasteiger partial charge in [-0.2, -0.15) is 0 Å². The number of benzene rings is 1. The van der Waals surface area contributed by atoms with Crippen LogP contribution in [-0.2, 0) is 4.79 Å². The molecule has 1 aromatic heterocycles. The summed E-state index contributed by atoms with van der Waals surface area (Å²) in [6, 6.07) is 9.96. The van der Waals surface area contributed by atoms with E-state index in [0.717, 1.165) is 10.6 Å². The molecule has 0 spiro atoms. The Morgan fingerprint density at radius 3 is 2.63 bits per heavy atom. The first-order valence-electron chi connectivity index (χ1n) is 6.02. The lowest BCUT2D eigenvalue weighted by atomic mass is 10.2. The van der Waals surface area contributed by atoms with Crippen molar-refractivity contribution in [3.63, 3.8) is 0 Å². The van der Waals surface area contributed by atoms with E-state index in [-0.39, 0.29) is 11.8 Å². The molecule has 5 heteroatoms. The standard InChI is InChI=1S/C14H15N3OS/c1-10(2)13(18)15-14-17-16-12(19-14)9-8-11-6-4-3-5-7-11/h3-10H,1-2H3,(H,15,17,18)/b9-8-. The van der Waals surface area contributed by atoms with Crippen LogP contribution in [0.3, 0.4) is 0 Å². The third-order valence-corrected chi connectivity index (χ3v) is 3.22. The second-order valence-corrected chi connectivity index (χ2v) is 5.34. The zero-order valence-electron chi connectivity index (χ0n) is 10.8. The maximum Gasteiger partial charge on any atom is 0.228 e. The number of hydrogen-bond donors (Lipinski definition) is 1. The molecule has 0 saturated heterocycles. The van der Waals surface area contributed by atoms with Gasteiger partial charge in [-0.1, -0.05) is 61.6 Å². The topological polar surface area (TPSA) is 54.9 Å². The van der Waals surface area contributed by atoms with E-state index in [9.17, 15) is 4.79 Å². The Labute approximate surface area is 116 Å². The summed E-state index contributed by atoms with van der Waals surface area (Å²) in [5, 5.41) is 12.0. The second kappa shape index (κ2) is 6.24. The molecule has 0 unspecified atom stereocenters. The number of aromatic nitrogens is 2. The quantitative estimate of drug-likeness (QED) is 0.929. The largest absolute Gasteiger partial charge is 0.300 e. The van der Waals surface area contributed by atoms with Crippen LogP contribution >= 0.6 is 11.3 Å².